The van der Waals surface area contributed by atoms with E-state index in [9.17, 15) is 8.42 Å². The average molecular weight is 326 g/mol. The van der Waals surface area contributed by atoms with Gasteiger partial charge in [-0.05, 0) is 37.7 Å². The number of thiophene rings is 1. The van der Waals surface area contributed by atoms with Gasteiger partial charge < -0.3 is 10.1 Å². The van der Waals surface area contributed by atoms with E-state index in [1.165, 1.54) is 11.3 Å². The third-order valence-electron chi connectivity index (χ3n) is 2.92. The second-order valence-electron chi connectivity index (χ2n) is 4.54. The van der Waals surface area contributed by atoms with Crippen molar-refractivity contribution in [1.82, 2.24) is 5.32 Å². The summed E-state index contributed by atoms with van der Waals surface area (Å²) in [5.41, 5.74) is 1.45. The Morgan fingerprint density at radius 3 is 2.71 bits per heavy atom. The van der Waals surface area contributed by atoms with Crippen molar-refractivity contribution in [2.75, 3.05) is 18.9 Å². The zero-order valence-electron chi connectivity index (χ0n) is 12.1. The second kappa shape index (κ2) is 6.46. The Labute approximate surface area is 129 Å². The fraction of sp³-hybridized carbons (Fsp3) is 0.286. The summed E-state index contributed by atoms with van der Waals surface area (Å²) < 4.78 is 32.8. The highest BCUT2D eigenvalue weighted by molar-refractivity contribution is 7.94. The summed E-state index contributed by atoms with van der Waals surface area (Å²) in [6, 6.07) is 8.53. The first-order valence-electron chi connectivity index (χ1n) is 6.37. The molecule has 0 aliphatic heterocycles. The summed E-state index contributed by atoms with van der Waals surface area (Å²) in [5, 5.41) is 3.03. The molecule has 0 bridgehead atoms. The van der Waals surface area contributed by atoms with Crippen molar-refractivity contribution in [3.05, 3.63) is 40.8 Å². The van der Waals surface area contributed by atoms with E-state index >= 15 is 0 Å². The molecule has 114 valence electrons. The van der Waals surface area contributed by atoms with Gasteiger partial charge >= 0.3 is 0 Å². The number of benzene rings is 1. The molecule has 0 aliphatic carbocycles. The van der Waals surface area contributed by atoms with Gasteiger partial charge in [0.05, 0.1) is 12.8 Å². The Balaban J connectivity index is 2.27. The van der Waals surface area contributed by atoms with Crippen molar-refractivity contribution in [3.63, 3.8) is 0 Å². The van der Waals surface area contributed by atoms with E-state index < -0.39 is 10.0 Å². The van der Waals surface area contributed by atoms with Gasteiger partial charge in [-0.2, -0.15) is 0 Å². The van der Waals surface area contributed by atoms with E-state index in [1.54, 1.807) is 37.4 Å². The Morgan fingerprint density at radius 2 is 2.05 bits per heavy atom. The molecule has 0 radical (unpaired) electrons. The number of aryl methyl sites for hydroxylation is 1. The van der Waals surface area contributed by atoms with Crippen LogP contribution in [0.1, 0.15) is 10.4 Å². The standard InChI is InChI=1S/C14H18N2O3S2/c1-10-7-14(20-13(10)9-15-2)21(17,18)16-11-5-4-6-12(8-11)19-3/h4-8,15-16H,9H2,1-3H3. The van der Waals surface area contributed by atoms with Gasteiger partial charge in [-0.1, -0.05) is 6.07 Å². The summed E-state index contributed by atoms with van der Waals surface area (Å²) in [6.07, 6.45) is 0. The van der Waals surface area contributed by atoms with Crippen LogP contribution >= 0.6 is 11.3 Å². The number of hydrogen-bond donors (Lipinski definition) is 2. The minimum Gasteiger partial charge on any atom is -0.497 e. The Morgan fingerprint density at radius 1 is 1.29 bits per heavy atom. The maximum absolute atomic E-state index is 12.4. The van der Waals surface area contributed by atoms with Crippen molar-refractivity contribution in [2.45, 2.75) is 17.7 Å². The monoisotopic (exact) mass is 326 g/mol. The molecule has 0 amide bonds. The lowest BCUT2D eigenvalue weighted by molar-refractivity contribution is 0.415. The Hall–Kier alpha value is -1.57. The maximum atomic E-state index is 12.4. The van der Waals surface area contributed by atoms with Gasteiger partial charge in [-0.25, -0.2) is 8.42 Å². The highest BCUT2D eigenvalue weighted by Crippen LogP contribution is 2.28. The predicted octanol–water partition coefficient (Wildman–Crippen LogP) is 2.59. The minimum atomic E-state index is -3.57. The van der Waals surface area contributed by atoms with Gasteiger partial charge in [-0.15, -0.1) is 11.3 Å². The molecular formula is C14H18N2O3S2. The minimum absolute atomic E-state index is 0.313. The summed E-state index contributed by atoms with van der Waals surface area (Å²) in [6.45, 7) is 2.57. The van der Waals surface area contributed by atoms with Crippen molar-refractivity contribution >= 4 is 27.0 Å². The maximum Gasteiger partial charge on any atom is 0.271 e. The van der Waals surface area contributed by atoms with Gasteiger partial charge in [0.1, 0.15) is 9.96 Å². The summed E-state index contributed by atoms with van der Waals surface area (Å²) >= 11 is 1.28. The molecule has 0 atom stereocenters. The molecule has 2 aromatic rings. The average Bonchev–Trinajstić information content (AvgIpc) is 2.81. The summed E-state index contributed by atoms with van der Waals surface area (Å²) in [4.78, 5) is 1.02. The first-order chi connectivity index (χ1) is 9.96. The molecule has 0 fully saturated rings. The van der Waals surface area contributed by atoms with E-state index in [0.717, 1.165) is 10.4 Å². The number of anilines is 1. The first-order valence-corrected chi connectivity index (χ1v) is 8.67. The van der Waals surface area contributed by atoms with Crippen LogP contribution < -0.4 is 14.8 Å². The lowest BCUT2D eigenvalue weighted by Crippen LogP contribution is -2.11. The van der Waals surface area contributed by atoms with Crippen LogP contribution in [0.15, 0.2) is 34.5 Å². The van der Waals surface area contributed by atoms with Crippen LogP contribution in [-0.4, -0.2) is 22.6 Å². The van der Waals surface area contributed by atoms with Crippen molar-refractivity contribution < 1.29 is 13.2 Å². The van der Waals surface area contributed by atoms with Gasteiger partial charge in [-0.3, -0.25) is 4.72 Å². The number of hydrogen-bond acceptors (Lipinski definition) is 5. The molecule has 0 saturated carbocycles. The molecule has 0 spiro atoms. The molecule has 7 heteroatoms. The van der Waals surface area contributed by atoms with Crippen LogP contribution in [-0.2, 0) is 16.6 Å². The van der Waals surface area contributed by atoms with Crippen molar-refractivity contribution in [3.8, 4) is 5.75 Å². The topological polar surface area (TPSA) is 67.4 Å². The Bertz CT molecular complexity index is 724. The van der Waals surface area contributed by atoms with Crippen LogP contribution in [0.25, 0.3) is 0 Å². The number of methoxy groups -OCH3 is 1. The fourth-order valence-electron chi connectivity index (χ4n) is 1.85. The van der Waals surface area contributed by atoms with Crippen LogP contribution in [0.4, 0.5) is 5.69 Å². The molecule has 0 aliphatic rings. The summed E-state index contributed by atoms with van der Waals surface area (Å²) in [5.74, 6) is 0.605. The fourth-order valence-corrected chi connectivity index (χ4v) is 4.50. The molecule has 1 aromatic heterocycles. The van der Waals surface area contributed by atoms with E-state index in [0.29, 0.717) is 22.2 Å². The Kier molecular flexibility index (Phi) is 4.87. The van der Waals surface area contributed by atoms with E-state index in [1.807, 2.05) is 14.0 Å². The molecule has 2 rings (SSSR count). The SMILES string of the molecule is CNCc1sc(S(=O)(=O)Nc2cccc(OC)c2)cc1C. The van der Waals surface area contributed by atoms with Crippen molar-refractivity contribution in [1.29, 1.82) is 0 Å². The smallest absolute Gasteiger partial charge is 0.271 e. The number of ether oxygens (including phenoxy) is 1. The predicted molar refractivity (Wildman–Crippen MR) is 85.6 cm³/mol. The molecule has 1 heterocycles. The molecule has 1 aromatic carbocycles. The lowest BCUT2D eigenvalue weighted by atomic mass is 10.3. The highest BCUT2D eigenvalue weighted by Gasteiger charge is 2.19. The number of nitrogens with one attached hydrogen (secondary N) is 2. The highest BCUT2D eigenvalue weighted by atomic mass is 32.2. The molecule has 0 saturated heterocycles. The van der Waals surface area contributed by atoms with E-state index in [-0.39, 0.29) is 0 Å². The van der Waals surface area contributed by atoms with Crippen molar-refractivity contribution in [2.24, 2.45) is 0 Å². The zero-order chi connectivity index (χ0) is 15.5. The normalized spacial score (nSPS) is 11.4. The quantitative estimate of drug-likeness (QED) is 0.856. The van der Waals surface area contributed by atoms with E-state index in [2.05, 4.69) is 10.0 Å². The molecule has 0 unspecified atom stereocenters. The van der Waals surface area contributed by atoms with Gasteiger partial charge in [0.25, 0.3) is 10.0 Å². The summed E-state index contributed by atoms with van der Waals surface area (Å²) in [7, 11) is -0.196. The van der Waals surface area contributed by atoms with E-state index in [4.69, 9.17) is 4.74 Å². The van der Waals surface area contributed by atoms with Crippen LogP contribution in [0.3, 0.4) is 0 Å². The molecule has 5 nitrogen and oxygen atoms in total. The van der Waals surface area contributed by atoms with Gasteiger partial charge in [0.2, 0.25) is 0 Å². The third kappa shape index (κ3) is 3.75. The number of rotatable bonds is 6. The number of sulfonamides is 1. The zero-order valence-corrected chi connectivity index (χ0v) is 13.8. The lowest BCUT2D eigenvalue weighted by Gasteiger charge is -2.07. The third-order valence-corrected chi connectivity index (χ3v) is 6.01. The van der Waals surface area contributed by atoms with Gasteiger partial charge in [0.15, 0.2) is 0 Å². The second-order valence-corrected chi connectivity index (χ2v) is 7.59. The molecular weight excluding hydrogens is 308 g/mol. The molecule has 2 N–H and O–H groups in total. The van der Waals surface area contributed by atoms with Crippen LogP contribution in [0, 0.1) is 6.92 Å². The van der Waals surface area contributed by atoms with Gasteiger partial charge in [0, 0.05) is 17.5 Å². The molecule has 21 heavy (non-hydrogen) atoms. The largest absolute Gasteiger partial charge is 0.497 e. The first kappa shape index (κ1) is 15.8. The van der Waals surface area contributed by atoms with Crippen LogP contribution in [0.5, 0.6) is 5.75 Å². The van der Waals surface area contributed by atoms with Crippen LogP contribution in [0.2, 0.25) is 0 Å².